The average Bonchev–Trinajstić information content (AvgIpc) is 2.56. The molecule has 1 aliphatic heterocycles. The van der Waals surface area contributed by atoms with Crippen LogP contribution in [0.15, 0.2) is 18.3 Å². The lowest BCUT2D eigenvalue weighted by atomic mass is 9.98. The van der Waals surface area contributed by atoms with Crippen LogP contribution >= 0.6 is 0 Å². The van der Waals surface area contributed by atoms with Crippen LogP contribution in [0.2, 0.25) is 0 Å². The van der Waals surface area contributed by atoms with E-state index >= 15 is 0 Å². The average molecular weight is 302 g/mol. The van der Waals surface area contributed by atoms with Gasteiger partial charge in [0.2, 0.25) is 0 Å². The Morgan fingerprint density at radius 2 is 2.19 bits per heavy atom. The van der Waals surface area contributed by atoms with E-state index in [1.165, 1.54) is 23.2 Å². The predicted molar refractivity (Wildman–Crippen MR) is 71.2 cm³/mol. The van der Waals surface area contributed by atoms with Crippen molar-refractivity contribution < 1.29 is 22.7 Å². The van der Waals surface area contributed by atoms with Gasteiger partial charge in [0, 0.05) is 12.7 Å². The number of nitrogens with zero attached hydrogens (tertiary/aromatic N) is 2. The van der Waals surface area contributed by atoms with Crippen molar-refractivity contribution in [1.82, 2.24) is 4.98 Å². The summed E-state index contributed by atoms with van der Waals surface area (Å²) in [7, 11) is 0. The molecule has 0 bridgehead atoms. The standard InChI is InChI=1S/C14H17F3N2O2/c1-9(2)21-13(20)19-8-4-5-10(14(15,16)17)12-11(19)6-3-7-18-12/h3,6-7,9-10H,4-5,8H2,1-2H3. The summed E-state index contributed by atoms with van der Waals surface area (Å²) in [5, 5.41) is 0. The first-order valence-corrected chi connectivity index (χ1v) is 6.80. The van der Waals surface area contributed by atoms with E-state index in [1.54, 1.807) is 13.8 Å². The minimum atomic E-state index is -4.37. The summed E-state index contributed by atoms with van der Waals surface area (Å²) in [6, 6.07) is 3.00. The maximum Gasteiger partial charge on any atom is 0.414 e. The highest BCUT2D eigenvalue weighted by Gasteiger charge is 2.44. The minimum absolute atomic E-state index is 0.0844. The number of rotatable bonds is 1. The monoisotopic (exact) mass is 302 g/mol. The second-order valence-electron chi connectivity index (χ2n) is 5.23. The van der Waals surface area contributed by atoms with Crippen LogP contribution in [-0.4, -0.2) is 29.9 Å². The molecule has 0 aliphatic carbocycles. The van der Waals surface area contributed by atoms with Crippen LogP contribution in [0.3, 0.4) is 0 Å². The highest BCUT2D eigenvalue weighted by atomic mass is 19.4. The van der Waals surface area contributed by atoms with Crippen molar-refractivity contribution in [3.63, 3.8) is 0 Å². The number of carbonyl (C=O) groups is 1. The third-order valence-corrected chi connectivity index (χ3v) is 3.26. The van der Waals surface area contributed by atoms with Crippen LogP contribution in [0, 0.1) is 0 Å². The number of anilines is 1. The van der Waals surface area contributed by atoms with E-state index in [9.17, 15) is 18.0 Å². The van der Waals surface area contributed by atoms with E-state index < -0.39 is 18.2 Å². The van der Waals surface area contributed by atoms with Gasteiger partial charge in [-0.25, -0.2) is 4.79 Å². The Balaban J connectivity index is 2.40. The zero-order chi connectivity index (χ0) is 15.6. The quantitative estimate of drug-likeness (QED) is 0.791. The highest BCUT2D eigenvalue weighted by Crippen LogP contribution is 2.43. The number of hydrogen-bond acceptors (Lipinski definition) is 3. The summed E-state index contributed by atoms with van der Waals surface area (Å²) < 4.78 is 44.6. The molecular weight excluding hydrogens is 285 g/mol. The molecule has 1 amide bonds. The van der Waals surface area contributed by atoms with E-state index in [-0.39, 0.29) is 36.9 Å². The first kappa shape index (κ1) is 15.6. The van der Waals surface area contributed by atoms with E-state index in [0.717, 1.165) is 0 Å². The Bertz CT molecular complexity index is 517. The number of halogens is 3. The van der Waals surface area contributed by atoms with Gasteiger partial charge in [0.25, 0.3) is 0 Å². The molecule has 0 aromatic carbocycles. The van der Waals surface area contributed by atoms with Crippen LogP contribution in [0.4, 0.5) is 23.7 Å². The van der Waals surface area contributed by atoms with Gasteiger partial charge in [-0.1, -0.05) is 0 Å². The van der Waals surface area contributed by atoms with Crippen LogP contribution < -0.4 is 4.90 Å². The van der Waals surface area contributed by atoms with E-state index in [0.29, 0.717) is 0 Å². The van der Waals surface area contributed by atoms with E-state index in [2.05, 4.69) is 4.98 Å². The molecule has 7 heteroatoms. The summed E-state index contributed by atoms with van der Waals surface area (Å²) in [6.45, 7) is 3.58. The van der Waals surface area contributed by atoms with Gasteiger partial charge in [-0.15, -0.1) is 0 Å². The lowest BCUT2D eigenvalue weighted by molar-refractivity contribution is -0.152. The largest absolute Gasteiger partial charge is 0.446 e. The molecular formula is C14H17F3N2O2. The molecule has 1 aromatic heterocycles. The summed E-state index contributed by atoms with van der Waals surface area (Å²) in [4.78, 5) is 17.2. The molecule has 0 radical (unpaired) electrons. The summed E-state index contributed by atoms with van der Waals surface area (Å²) >= 11 is 0. The first-order chi connectivity index (χ1) is 9.80. The molecule has 2 heterocycles. The highest BCUT2D eigenvalue weighted by molar-refractivity contribution is 5.88. The van der Waals surface area contributed by atoms with Crippen LogP contribution in [0.25, 0.3) is 0 Å². The number of carbonyl (C=O) groups excluding carboxylic acids is 1. The minimum Gasteiger partial charge on any atom is -0.446 e. The summed E-state index contributed by atoms with van der Waals surface area (Å²) in [5.74, 6) is -1.65. The van der Waals surface area contributed by atoms with Gasteiger partial charge in [0.1, 0.15) is 0 Å². The fourth-order valence-corrected chi connectivity index (χ4v) is 2.39. The molecule has 1 aliphatic rings. The topological polar surface area (TPSA) is 42.4 Å². The number of ether oxygens (including phenoxy) is 1. The molecule has 116 valence electrons. The Morgan fingerprint density at radius 3 is 2.81 bits per heavy atom. The van der Waals surface area contributed by atoms with Crippen molar-refractivity contribution in [2.24, 2.45) is 0 Å². The first-order valence-electron chi connectivity index (χ1n) is 6.80. The molecule has 1 unspecified atom stereocenters. The smallest absolute Gasteiger partial charge is 0.414 e. The molecule has 21 heavy (non-hydrogen) atoms. The molecule has 0 spiro atoms. The van der Waals surface area contributed by atoms with Gasteiger partial charge in [-0.2, -0.15) is 13.2 Å². The third kappa shape index (κ3) is 3.46. The second kappa shape index (κ2) is 5.91. The number of fused-ring (bicyclic) bond motifs is 1. The van der Waals surface area contributed by atoms with Crippen molar-refractivity contribution in [3.8, 4) is 0 Å². The number of pyridine rings is 1. The van der Waals surface area contributed by atoms with E-state index in [4.69, 9.17) is 4.74 Å². The molecule has 1 atom stereocenters. The fourth-order valence-electron chi connectivity index (χ4n) is 2.39. The van der Waals surface area contributed by atoms with Crippen molar-refractivity contribution in [2.45, 2.75) is 44.9 Å². The number of amides is 1. The lowest BCUT2D eigenvalue weighted by Gasteiger charge is -2.24. The summed E-state index contributed by atoms with van der Waals surface area (Å²) in [6.07, 6.45) is -3.87. The normalized spacial score (nSPS) is 19.1. The van der Waals surface area contributed by atoms with Gasteiger partial charge in [-0.05, 0) is 38.8 Å². The second-order valence-corrected chi connectivity index (χ2v) is 5.23. The van der Waals surface area contributed by atoms with Gasteiger partial charge >= 0.3 is 12.3 Å². The van der Waals surface area contributed by atoms with Gasteiger partial charge in [0.05, 0.1) is 23.4 Å². The molecule has 0 saturated carbocycles. The SMILES string of the molecule is CC(C)OC(=O)N1CCCC(C(F)(F)F)c2ncccc21. The zero-order valence-corrected chi connectivity index (χ0v) is 11.9. The van der Waals surface area contributed by atoms with Crippen molar-refractivity contribution in [1.29, 1.82) is 0 Å². The molecule has 0 fully saturated rings. The van der Waals surface area contributed by atoms with Crippen LogP contribution in [0.1, 0.15) is 38.3 Å². The van der Waals surface area contributed by atoms with Crippen molar-refractivity contribution in [2.75, 3.05) is 11.4 Å². The van der Waals surface area contributed by atoms with Crippen molar-refractivity contribution >= 4 is 11.8 Å². The Kier molecular flexibility index (Phi) is 4.39. The van der Waals surface area contributed by atoms with Gasteiger partial charge in [-0.3, -0.25) is 9.88 Å². The molecule has 4 nitrogen and oxygen atoms in total. The van der Waals surface area contributed by atoms with E-state index in [1.807, 2.05) is 0 Å². The maximum absolute atomic E-state index is 13.2. The Morgan fingerprint density at radius 1 is 1.48 bits per heavy atom. The predicted octanol–water partition coefficient (Wildman–Crippen LogP) is 3.87. The molecule has 1 aromatic rings. The summed E-state index contributed by atoms with van der Waals surface area (Å²) in [5.41, 5.74) is 0.0752. The fraction of sp³-hybridized carbons (Fsp3) is 0.571. The molecule has 0 N–H and O–H groups in total. The zero-order valence-electron chi connectivity index (χ0n) is 11.9. The van der Waals surface area contributed by atoms with Crippen LogP contribution in [-0.2, 0) is 4.74 Å². The third-order valence-electron chi connectivity index (χ3n) is 3.26. The van der Waals surface area contributed by atoms with Crippen molar-refractivity contribution in [3.05, 3.63) is 24.0 Å². The van der Waals surface area contributed by atoms with Gasteiger partial charge < -0.3 is 4.74 Å². The molecule has 0 saturated heterocycles. The molecule has 2 rings (SSSR count). The number of aromatic nitrogens is 1. The number of hydrogen-bond donors (Lipinski definition) is 0. The number of alkyl halides is 3. The van der Waals surface area contributed by atoms with Crippen LogP contribution in [0.5, 0.6) is 0 Å². The lowest BCUT2D eigenvalue weighted by Crippen LogP contribution is -2.34. The Hall–Kier alpha value is -1.79. The maximum atomic E-state index is 13.2. The van der Waals surface area contributed by atoms with Gasteiger partial charge in [0.15, 0.2) is 0 Å². The Labute approximate surface area is 120 Å².